The largest absolute Gasteiger partial charge is 0.475 e. The van der Waals surface area contributed by atoms with Crippen molar-refractivity contribution in [2.75, 3.05) is 31.1 Å². The van der Waals surface area contributed by atoms with Gasteiger partial charge in [-0.2, -0.15) is 0 Å². The number of aromatic carboxylic acids is 1. The number of benzene rings is 2. The summed E-state index contributed by atoms with van der Waals surface area (Å²) in [6.45, 7) is 4.37. The van der Waals surface area contributed by atoms with E-state index < -0.39 is 5.97 Å². The van der Waals surface area contributed by atoms with Crippen molar-refractivity contribution in [3.05, 3.63) is 63.8 Å². The van der Waals surface area contributed by atoms with Crippen LogP contribution in [-0.4, -0.2) is 42.2 Å². The van der Waals surface area contributed by atoms with Crippen molar-refractivity contribution in [1.82, 2.24) is 4.90 Å². The molecule has 1 aliphatic heterocycles. The average Bonchev–Trinajstić information content (AvgIpc) is 3.09. The van der Waals surface area contributed by atoms with Crippen LogP contribution in [0.1, 0.15) is 16.1 Å². The Bertz CT molecular complexity index is 994. The Morgan fingerprint density at radius 2 is 1.85 bits per heavy atom. The Balaban J connectivity index is 1.47. The number of hydrogen-bond acceptors (Lipinski definition) is 4. The first kappa shape index (κ1) is 18.2. The predicted molar refractivity (Wildman–Crippen MR) is 107 cm³/mol. The van der Waals surface area contributed by atoms with E-state index in [-0.39, 0.29) is 5.76 Å². The lowest BCUT2D eigenvalue weighted by Crippen LogP contribution is -2.46. The molecule has 0 spiro atoms. The monoisotopic (exact) mass is 404 g/mol. The van der Waals surface area contributed by atoms with Crippen LogP contribution in [0, 0.1) is 0 Å². The minimum atomic E-state index is -1.10. The summed E-state index contributed by atoms with van der Waals surface area (Å²) in [7, 11) is 0. The minimum absolute atomic E-state index is 0.101. The molecule has 7 heteroatoms. The van der Waals surface area contributed by atoms with Gasteiger partial charge in [-0.1, -0.05) is 35.3 Å². The molecule has 2 heterocycles. The second-order valence-electron chi connectivity index (χ2n) is 6.62. The van der Waals surface area contributed by atoms with E-state index in [1.165, 1.54) is 11.6 Å². The van der Waals surface area contributed by atoms with E-state index >= 15 is 0 Å². The molecule has 27 heavy (non-hydrogen) atoms. The van der Waals surface area contributed by atoms with E-state index in [2.05, 4.69) is 15.9 Å². The molecule has 5 nitrogen and oxygen atoms in total. The molecule has 0 unspecified atom stereocenters. The van der Waals surface area contributed by atoms with Crippen LogP contribution in [0.15, 0.2) is 46.9 Å². The predicted octanol–water partition coefficient (Wildman–Crippen LogP) is 4.76. The minimum Gasteiger partial charge on any atom is -0.475 e. The van der Waals surface area contributed by atoms with E-state index in [9.17, 15) is 4.79 Å². The number of hydrogen-bond donors (Lipinski definition) is 1. The summed E-state index contributed by atoms with van der Waals surface area (Å²) in [6, 6.07) is 13.1. The molecule has 0 saturated carbocycles. The van der Waals surface area contributed by atoms with Gasteiger partial charge in [0.25, 0.3) is 0 Å². The zero-order valence-electron chi connectivity index (χ0n) is 14.5. The van der Waals surface area contributed by atoms with Gasteiger partial charge in [0.1, 0.15) is 5.58 Å². The van der Waals surface area contributed by atoms with Crippen LogP contribution in [0.5, 0.6) is 0 Å². The smallest absolute Gasteiger partial charge is 0.371 e. The molecule has 140 valence electrons. The second-order valence-corrected chi connectivity index (χ2v) is 7.43. The summed E-state index contributed by atoms with van der Waals surface area (Å²) in [4.78, 5) is 15.7. The third-order valence-corrected chi connectivity index (χ3v) is 5.47. The maximum Gasteiger partial charge on any atom is 0.371 e. The van der Waals surface area contributed by atoms with E-state index in [1.807, 2.05) is 24.3 Å². The summed E-state index contributed by atoms with van der Waals surface area (Å²) in [6.07, 6.45) is 0. The van der Waals surface area contributed by atoms with Crippen LogP contribution in [0.25, 0.3) is 11.0 Å². The van der Waals surface area contributed by atoms with Gasteiger partial charge < -0.3 is 14.4 Å². The lowest BCUT2D eigenvalue weighted by molar-refractivity contribution is 0.0665. The fraction of sp³-hybridized carbons (Fsp3) is 0.250. The highest BCUT2D eigenvalue weighted by Crippen LogP contribution is 2.35. The van der Waals surface area contributed by atoms with Gasteiger partial charge >= 0.3 is 5.97 Å². The summed E-state index contributed by atoms with van der Waals surface area (Å²) in [5.41, 5.74) is 2.60. The number of carboxylic acid groups (broad SMARTS) is 1. The van der Waals surface area contributed by atoms with Crippen molar-refractivity contribution in [2.24, 2.45) is 0 Å². The maximum absolute atomic E-state index is 11.1. The summed E-state index contributed by atoms with van der Waals surface area (Å²) >= 11 is 12.6. The Morgan fingerprint density at radius 1 is 1.07 bits per heavy atom. The van der Waals surface area contributed by atoms with E-state index in [0.29, 0.717) is 16.0 Å². The van der Waals surface area contributed by atoms with Crippen LogP contribution >= 0.6 is 23.2 Å². The van der Waals surface area contributed by atoms with Crippen molar-refractivity contribution < 1.29 is 14.3 Å². The number of nitrogens with zero attached hydrogens (tertiary/aromatic N) is 2. The molecular weight excluding hydrogens is 387 g/mol. The fourth-order valence-electron chi connectivity index (χ4n) is 3.46. The lowest BCUT2D eigenvalue weighted by atomic mass is 10.1. The first-order chi connectivity index (χ1) is 13.0. The molecule has 1 N–H and O–H groups in total. The topological polar surface area (TPSA) is 56.9 Å². The van der Waals surface area contributed by atoms with Gasteiger partial charge in [-0.05, 0) is 29.8 Å². The van der Waals surface area contributed by atoms with Gasteiger partial charge in [0.05, 0.1) is 10.7 Å². The van der Waals surface area contributed by atoms with E-state index in [4.69, 9.17) is 32.7 Å². The van der Waals surface area contributed by atoms with Gasteiger partial charge in [-0.25, -0.2) is 4.79 Å². The zero-order valence-corrected chi connectivity index (χ0v) is 16.0. The Kier molecular flexibility index (Phi) is 5.00. The molecule has 1 aromatic heterocycles. The van der Waals surface area contributed by atoms with Crippen molar-refractivity contribution in [1.29, 1.82) is 0 Å². The van der Waals surface area contributed by atoms with Crippen molar-refractivity contribution >= 4 is 45.8 Å². The quantitative estimate of drug-likeness (QED) is 0.678. The van der Waals surface area contributed by atoms with Crippen LogP contribution in [0.2, 0.25) is 10.0 Å². The number of anilines is 1. The van der Waals surface area contributed by atoms with E-state index in [0.717, 1.165) is 43.4 Å². The van der Waals surface area contributed by atoms with Gasteiger partial charge in [0.2, 0.25) is 5.76 Å². The fourth-order valence-corrected chi connectivity index (χ4v) is 4.00. The molecule has 4 rings (SSSR count). The van der Waals surface area contributed by atoms with Crippen molar-refractivity contribution in [3.8, 4) is 0 Å². The van der Waals surface area contributed by atoms with E-state index in [1.54, 1.807) is 6.07 Å². The molecule has 1 aliphatic rings. The van der Waals surface area contributed by atoms with Gasteiger partial charge in [-0.3, -0.25) is 4.90 Å². The number of halogens is 2. The highest BCUT2D eigenvalue weighted by molar-refractivity contribution is 6.38. The number of fused-ring (bicyclic) bond motifs is 1. The number of furan rings is 1. The number of carbonyl (C=O) groups is 1. The third kappa shape index (κ3) is 3.76. The van der Waals surface area contributed by atoms with Crippen LogP contribution in [0.3, 0.4) is 0 Å². The summed E-state index contributed by atoms with van der Waals surface area (Å²) in [5.74, 6) is -1.20. The van der Waals surface area contributed by atoms with Gasteiger partial charge in [-0.15, -0.1) is 0 Å². The van der Waals surface area contributed by atoms with Crippen molar-refractivity contribution in [2.45, 2.75) is 6.54 Å². The molecule has 2 aromatic carbocycles. The molecule has 0 aliphatic carbocycles. The molecule has 0 radical (unpaired) electrons. The molecule has 0 atom stereocenters. The second kappa shape index (κ2) is 7.43. The first-order valence-corrected chi connectivity index (χ1v) is 9.44. The van der Waals surface area contributed by atoms with Crippen LogP contribution in [-0.2, 0) is 6.54 Å². The Morgan fingerprint density at radius 3 is 2.56 bits per heavy atom. The lowest BCUT2D eigenvalue weighted by Gasteiger charge is -2.36. The summed E-state index contributed by atoms with van der Waals surface area (Å²) < 4.78 is 5.32. The maximum atomic E-state index is 11.1. The van der Waals surface area contributed by atoms with Crippen LogP contribution < -0.4 is 4.90 Å². The van der Waals surface area contributed by atoms with Gasteiger partial charge in [0, 0.05) is 49.2 Å². The molecule has 0 amide bonds. The van der Waals surface area contributed by atoms with Crippen LogP contribution in [0.4, 0.5) is 5.69 Å². The average molecular weight is 405 g/mol. The van der Waals surface area contributed by atoms with Crippen molar-refractivity contribution in [3.63, 3.8) is 0 Å². The molecule has 0 bridgehead atoms. The zero-order chi connectivity index (χ0) is 19.0. The molecule has 1 fully saturated rings. The number of piperazine rings is 1. The Hall–Kier alpha value is -2.21. The standard InChI is InChI=1S/C20H18Cl2N2O3/c21-14-3-1-2-13(10-14)12-23-6-8-24(9-7-23)16-4-5-17-15(19(16)22)11-18(27-17)20(25)26/h1-5,10-11H,6-9,12H2,(H,25,26). The highest BCUT2D eigenvalue weighted by Gasteiger charge is 2.22. The summed E-state index contributed by atoms with van der Waals surface area (Å²) in [5, 5.41) is 11.0. The molecule has 3 aromatic rings. The molecular formula is C20H18Cl2N2O3. The first-order valence-electron chi connectivity index (χ1n) is 8.68. The highest BCUT2D eigenvalue weighted by atomic mass is 35.5. The Labute approximate surface area is 166 Å². The SMILES string of the molecule is O=C(O)c1cc2c(Cl)c(N3CCN(Cc4cccc(Cl)c4)CC3)ccc2o1. The normalized spacial score (nSPS) is 15.4. The third-order valence-electron chi connectivity index (χ3n) is 4.83. The number of carboxylic acids is 1. The molecule has 1 saturated heterocycles. The number of rotatable bonds is 4. The van der Waals surface area contributed by atoms with Gasteiger partial charge in [0.15, 0.2) is 0 Å².